The number of hydrogen-bond acceptors (Lipinski definition) is 4. The average molecular weight is 215 g/mol. The Morgan fingerprint density at radius 1 is 1.57 bits per heavy atom. The van der Waals surface area contributed by atoms with Crippen LogP contribution in [-0.2, 0) is 9.47 Å². The van der Waals surface area contributed by atoms with Gasteiger partial charge in [-0.1, -0.05) is 6.07 Å². The Balaban J connectivity index is 2.35. The highest BCUT2D eigenvalue weighted by atomic mass is 32.1. The molecule has 0 aliphatic heterocycles. The first kappa shape index (κ1) is 11.2. The zero-order chi connectivity index (χ0) is 10.4. The molecule has 14 heavy (non-hydrogen) atoms. The topological polar surface area (TPSA) is 47.6 Å². The van der Waals surface area contributed by atoms with E-state index in [1.54, 1.807) is 6.07 Å². The number of amides is 1. The third kappa shape index (κ3) is 3.10. The Bertz CT molecular complexity index is 270. The zero-order valence-electron chi connectivity index (χ0n) is 8.15. The van der Waals surface area contributed by atoms with Crippen LogP contribution in [0.15, 0.2) is 17.5 Å². The number of ether oxygens (including phenoxy) is 2. The van der Waals surface area contributed by atoms with Gasteiger partial charge in [0.2, 0.25) is 0 Å². The van der Waals surface area contributed by atoms with Crippen LogP contribution >= 0.6 is 11.3 Å². The van der Waals surface area contributed by atoms with Gasteiger partial charge in [-0.2, -0.15) is 0 Å². The molecule has 0 fully saturated rings. The zero-order valence-corrected chi connectivity index (χ0v) is 8.97. The van der Waals surface area contributed by atoms with Gasteiger partial charge in [0, 0.05) is 14.2 Å². The van der Waals surface area contributed by atoms with E-state index in [-0.39, 0.29) is 12.2 Å². The summed E-state index contributed by atoms with van der Waals surface area (Å²) in [6.07, 6.45) is -0.390. The van der Waals surface area contributed by atoms with Gasteiger partial charge in [0.05, 0.1) is 11.4 Å². The van der Waals surface area contributed by atoms with Crippen LogP contribution in [0.4, 0.5) is 0 Å². The molecule has 0 unspecified atom stereocenters. The van der Waals surface area contributed by atoms with E-state index in [4.69, 9.17) is 9.47 Å². The lowest BCUT2D eigenvalue weighted by atomic mass is 10.4. The average Bonchev–Trinajstić information content (AvgIpc) is 2.72. The van der Waals surface area contributed by atoms with Gasteiger partial charge in [-0.05, 0) is 11.4 Å². The van der Waals surface area contributed by atoms with Gasteiger partial charge < -0.3 is 14.8 Å². The Morgan fingerprint density at radius 3 is 2.79 bits per heavy atom. The molecule has 0 saturated heterocycles. The highest BCUT2D eigenvalue weighted by Gasteiger charge is 2.09. The summed E-state index contributed by atoms with van der Waals surface area (Å²) in [6, 6.07) is 3.61. The van der Waals surface area contributed by atoms with Gasteiger partial charge in [-0.3, -0.25) is 4.79 Å². The minimum absolute atomic E-state index is 0.0981. The van der Waals surface area contributed by atoms with Crippen LogP contribution in [0, 0.1) is 0 Å². The van der Waals surface area contributed by atoms with Crippen molar-refractivity contribution >= 4 is 17.2 Å². The standard InChI is InChI=1S/C9H13NO3S/c1-12-8(13-2)6-10-9(11)7-4-3-5-14-7/h3-5,8H,6H2,1-2H3,(H,10,11). The Kier molecular flexibility index (Phi) is 4.58. The molecule has 0 bridgehead atoms. The summed E-state index contributed by atoms with van der Waals surface area (Å²) < 4.78 is 9.87. The summed E-state index contributed by atoms with van der Waals surface area (Å²) >= 11 is 1.40. The smallest absolute Gasteiger partial charge is 0.261 e. The normalized spacial score (nSPS) is 10.5. The number of carbonyl (C=O) groups excluding carboxylic acids is 1. The molecular weight excluding hydrogens is 202 g/mol. The summed E-state index contributed by atoms with van der Waals surface area (Å²) in [5.74, 6) is -0.0981. The Hall–Kier alpha value is -0.910. The van der Waals surface area contributed by atoms with Crippen molar-refractivity contribution in [3.8, 4) is 0 Å². The first-order valence-electron chi connectivity index (χ1n) is 4.15. The summed E-state index contributed by atoms with van der Waals surface area (Å²) in [7, 11) is 3.07. The fourth-order valence-corrected chi connectivity index (χ4v) is 1.57. The van der Waals surface area contributed by atoms with Crippen LogP contribution in [0.1, 0.15) is 9.67 Å². The van der Waals surface area contributed by atoms with Gasteiger partial charge in [-0.15, -0.1) is 11.3 Å². The van der Waals surface area contributed by atoms with E-state index in [9.17, 15) is 4.79 Å². The minimum Gasteiger partial charge on any atom is -0.354 e. The van der Waals surface area contributed by atoms with Crippen molar-refractivity contribution in [3.63, 3.8) is 0 Å². The van der Waals surface area contributed by atoms with Crippen LogP contribution in [0.25, 0.3) is 0 Å². The maximum atomic E-state index is 11.4. The second-order valence-corrected chi connectivity index (χ2v) is 3.54. The maximum absolute atomic E-state index is 11.4. The fraction of sp³-hybridized carbons (Fsp3) is 0.444. The minimum atomic E-state index is -0.390. The van der Waals surface area contributed by atoms with E-state index < -0.39 is 0 Å². The predicted octanol–water partition coefficient (Wildman–Crippen LogP) is 1.10. The van der Waals surface area contributed by atoms with Gasteiger partial charge in [0.25, 0.3) is 5.91 Å². The number of nitrogens with one attached hydrogen (secondary N) is 1. The van der Waals surface area contributed by atoms with Crippen LogP contribution in [0.3, 0.4) is 0 Å². The van der Waals surface area contributed by atoms with Crippen LogP contribution in [-0.4, -0.2) is 33.0 Å². The highest BCUT2D eigenvalue weighted by molar-refractivity contribution is 7.12. The second-order valence-electron chi connectivity index (χ2n) is 2.59. The van der Waals surface area contributed by atoms with E-state index in [0.717, 1.165) is 0 Å². The first-order valence-corrected chi connectivity index (χ1v) is 5.03. The molecule has 0 aromatic carbocycles. The van der Waals surface area contributed by atoms with Gasteiger partial charge in [-0.25, -0.2) is 0 Å². The molecule has 78 valence electrons. The first-order chi connectivity index (χ1) is 6.77. The number of hydrogen-bond donors (Lipinski definition) is 1. The molecule has 1 rings (SSSR count). The Morgan fingerprint density at radius 2 is 2.29 bits per heavy atom. The quantitative estimate of drug-likeness (QED) is 0.748. The maximum Gasteiger partial charge on any atom is 0.261 e. The molecule has 1 aromatic heterocycles. The third-order valence-corrected chi connectivity index (χ3v) is 2.57. The van der Waals surface area contributed by atoms with Gasteiger partial charge in [0.15, 0.2) is 6.29 Å². The second kappa shape index (κ2) is 5.74. The van der Waals surface area contributed by atoms with Crippen molar-refractivity contribution in [2.45, 2.75) is 6.29 Å². The van der Waals surface area contributed by atoms with E-state index in [1.165, 1.54) is 25.6 Å². The molecule has 1 amide bonds. The molecule has 4 nitrogen and oxygen atoms in total. The van der Waals surface area contributed by atoms with Crippen molar-refractivity contribution in [1.82, 2.24) is 5.32 Å². The van der Waals surface area contributed by atoms with E-state index in [0.29, 0.717) is 11.4 Å². The van der Waals surface area contributed by atoms with Crippen molar-refractivity contribution in [2.24, 2.45) is 0 Å². The summed E-state index contributed by atoms with van der Waals surface area (Å²) in [5, 5.41) is 4.57. The summed E-state index contributed by atoms with van der Waals surface area (Å²) in [5.41, 5.74) is 0. The summed E-state index contributed by atoms with van der Waals surface area (Å²) in [4.78, 5) is 12.1. The van der Waals surface area contributed by atoms with E-state index in [1.807, 2.05) is 11.4 Å². The van der Waals surface area contributed by atoms with Gasteiger partial charge in [0.1, 0.15) is 0 Å². The number of rotatable bonds is 5. The van der Waals surface area contributed by atoms with E-state index in [2.05, 4.69) is 5.32 Å². The highest BCUT2D eigenvalue weighted by Crippen LogP contribution is 2.07. The van der Waals surface area contributed by atoms with Crippen molar-refractivity contribution in [1.29, 1.82) is 0 Å². The molecule has 0 radical (unpaired) electrons. The van der Waals surface area contributed by atoms with Crippen molar-refractivity contribution < 1.29 is 14.3 Å². The molecule has 0 atom stereocenters. The van der Waals surface area contributed by atoms with Crippen molar-refractivity contribution in [3.05, 3.63) is 22.4 Å². The van der Waals surface area contributed by atoms with Crippen LogP contribution < -0.4 is 5.32 Å². The van der Waals surface area contributed by atoms with Crippen LogP contribution in [0.5, 0.6) is 0 Å². The molecule has 1 aromatic rings. The molecule has 0 saturated carbocycles. The monoisotopic (exact) mass is 215 g/mol. The van der Waals surface area contributed by atoms with E-state index >= 15 is 0 Å². The van der Waals surface area contributed by atoms with Gasteiger partial charge >= 0.3 is 0 Å². The molecule has 1 heterocycles. The predicted molar refractivity (Wildman–Crippen MR) is 54.5 cm³/mol. The number of carbonyl (C=O) groups is 1. The largest absolute Gasteiger partial charge is 0.354 e. The Labute approximate surface area is 86.8 Å². The molecular formula is C9H13NO3S. The van der Waals surface area contributed by atoms with Crippen molar-refractivity contribution in [2.75, 3.05) is 20.8 Å². The molecule has 0 aliphatic rings. The number of thiophene rings is 1. The fourth-order valence-electron chi connectivity index (χ4n) is 0.934. The molecule has 0 aliphatic carbocycles. The number of methoxy groups -OCH3 is 2. The third-order valence-electron chi connectivity index (χ3n) is 1.70. The lowest BCUT2D eigenvalue weighted by Crippen LogP contribution is -2.33. The van der Waals surface area contributed by atoms with Crippen LogP contribution in [0.2, 0.25) is 0 Å². The SMILES string of the molecule is COC(CNC(=O)c1cccs1)OC. The lowest BCUT2D eigenvalue weighted by molar-refractivity contribution is -0.0974. The molecule has 1 N–H and O–H groups in total. The lowest BCUT2D eigenvalue weighted by Gasteiger charge is -2.13. The molecule has 5 heteroatoms. The molecule has 0 spiro atoms. The summed E-state index contributed by atoms with van der Waals surface area (Å²) in [6.45, 7) is 0.351.